The van der Waals surface area contributed by atoms with E-state index in [-0.39, 0.29) is 0 Å². The molecular formula is C12H15N5O. The second-order valence-corrected chi connectivity index (χ2v) is 4.09. The number of hydrogen-bond donors (Lipinski definition) is 2. The van der Waals surface area contributed by atoms with Crippen LogP contribution in [0.5, 0.6) is 0 Å². The zero-order valence-corrected chi connectivity index (χ0v) is 10.4. The molecule has 18 heavy (non-hydrogen) atoms. The topological polar surface area (TPSA) is 93.8 Å². The minimum Gasteiger partial charge on any atom is -0.383 e. The fraction of sp³-hybridized carbons (Fsp3) is 0.333. The van der Waals surface area contributed by atoms with Crippen LogP contribution < -0.4 is 11.1 Å². The summed E-state index contributed by atoms with van der Waals surface area (Å²) in [6.45, 7) is 4.35. The van der Waals surface area contributed by atoms with Crippen molar-refractivity contribution in [1.29, 1.82) is 0 Å². The van der Waals surface area contributed by atoms with Crippen LogP contribution in [0.1, 0.15) is 17.7 Å². The van der Waals surface area contributed by atoms with Gasteiger partial charge in [0, 0.05) is 18.7 Å². The van der Waals surface area contributed by atoms with Crippen molar-refractivity contribution in [3.8, 4) is 0 Å². The monoisotopic (exact) mass is 245 g/mol. The van der Waals surface area contributed by atoms with Crippen molar-refractivity contribution in [2.45, 2.75) is 20.3 Å². The molecule has 2 rings (SSSR count). The highest BCUT2D eigenvalue weighted by molar-refractivity contribution is 5.89. The minimum absolute atomic E-state index is 0.401. The summed E-state index contributed by atoms with van der Waals surface area (Å²) in [5, 5.41) is 3.72. The Bertz CT molecular complexity index is 597. The van der Waals surface area contributed by atoms with Gasteiger partial charge in [-0.15, -0.1) is 0 Å². The molecule has 0 amide bonds. The Kier molecular flexibility index (Phi) is 3.36. The summed E-state index contributed by atoms with van der Waals surface area (Å²) >= 11 is 0. The maximum absolute atomic E-state index is 10.2. The molecule has 0 saturated heterocycles. The van der Waals surface area contributed by atoms with Gasteiger partial charge >= 0.3 is 0 Å². The number of aromatic nitrogens is 3. The molecule has 0 fully saturated rings. The van der Waals surface area contributed by atoms with E-state index in [1.54, 1.807) is 0 Å². The van der Waals surface area contributed by atoms with Gasteiger partial charge in [0.25, 0.3) is 0 Å². The molecule has 0 spiro atoms. The molecule has 0 radical (unpaired) electrons. The van der Waals surface area contributed by atoms with Crippen LogP contribution in [0.25, 0.3) is 11.0 Å². The lowest BCUT2D eigenvalue weighted by Gasteiger charge is -2.08. The largest absolute Gasteiger partial charge is 0.383 e. The number of rotatable bonds is 4. The second-order valence-electron chi connectivity index (χ2n) is 4.09. The Hall–Kier alpha value is -2.24. The molecule has 0 saturated carbocycles. The van der Waals surface area contributed by atoms with E-state index in [1.165, 1.54) is 0 Å². The molecule has 0 aliphatic carbocycles. The normalized spacial score (nSPS) is 10.6. The summed E-state index contributed by atoms with van der Waals surface area (Å²) in [6, 6.07) is 1.95. The summed E-state index contributed by atoms with van der Waals surface area (Å²) in [6.07, 6.45) is 1.24. The van der Waals surface area contributed by atoms with Crippen LogP contribution in [0.2, 0.25) is 0 Å². The van der Waals surface area contributed by atoms with E-state index in [4.69, 9.17) is 5.73 Å². The van der Waals surface area contributed by atoms with Crippen molar-refractivity contribution in [1.82, 2.24) is 15.0 Å². The van der Waals surface area contributed by atoms with Crippen LogP contribution >= 0.6 is 0 Å². The number of carbonyl (C=O) groups excluding carboxylic acids is 1. The van der Waals surface area contributed by atoms with E-state index >= 15 is 0 Å². The third-order valence-electron chi connectivity index (χ3n) is 2.57. The fourth-order valence-electron chi connectivity index (χ4n) is 1.83. The number of aldehydes is 1. The molecule has 0 aliphatic heterocycles. The van der Waals surface area contributed by atoms with Crippen LogP contribution in [-0.2, 0) is 4.79 Å². The molecule has 0 bridgehead atoms. The second kappa shape index (κ2) is 4.95. The molecular weight excluding hydrogens is 230 g/mol. The first-order chi connectivity index (χ1) is 8.61. The highest BCUT2D eigenvalue weighted by Gasteiger charge is 2.09. The molecule has 3 N–H and O–H groups in total. The van der Waals surface area contributed by atoms with Crippen LogP contribution in [0.4, 0.5) is 11.8 Å². The molecule has 0 aromatic carbocycles. The number of nitrogen functional groups attached to an aromatic ring is 1. The first-order valence-corrected chi connectivity index (χ1v) is 5.71. The van der Waals surface area contributed by atoms with Gasteiger partial charge in [-0.2, -0.15) is 9.97 Å². The fourth-order valence-corrected chi connectivity index (χ4v) is 1.83. The Morgan fingerprint density at radius 2 is 2.11 bits per heavy atom. The van der Waals surface area contributed by atoms with Crippen molar-refractivity contribution in [2.24, 2.45) is 0 Å². The predicted molar refractivity (Wildman–Crippen MR) is 70.4 cm³/mol. The number of anilines is 2. The first-order valence-electron chi connectivity index (χ1n) is 5.71. The maximum Gasteiger partial charge on any atom is 0.226 e. The summed E-state index contributed by atoms with van der Waals surface area (Å²) in [5.74, 6) is 0.804. The zero-order chi connectivity index (χ0) is 13.1. The minimum atomic E-state index is 0.401. The van der Waals surface area contributed by atoms with E-state index in [2.05, 4.69) is 20.3 Å². The SMILES string of the molecule is Cc1cc(C)c2c(N)nc(NCCC=O)nc2n1. The zero-order valence-electron chi connectivity index (χ0n) is 10.4. The van der Waals surface area contributed by atoms with Gasteiger partial charge in [0.2, 0.25) is 5.95 Å². The van der Waals surface area contributed by atoms with E-state index in [1.807, 2.05) is 19.9 Å². The Morgan fingerprint density at radius 1 is 1.33 bits per heavy atom. The van der Waals surface area contributed by atoms with Gasteiger partial charge in [-0.1, -0.05) is 0 Å². The molecule has 0 aliphatic rings. The Balaban J connectivity index is 2.44. The van der Waals surface area contributed by atoms with Gasteiger partial charge in [0.1, 0.15) is 12.1 Å². The summed E-state index contributed by atoms with van der Waals surface area (Å²) < 4.78 is 0. The average molecular weight is 245 g/mol. The number of nitrogens with one attached hydrogen (secondary N) is 1. The van der Waals surface area contributed by atoms with Gasteiger partial charge in [-0.05, 0) is 25.5 Å². The molecule has 2 aromatic heterocycles. The maximum atomic E-state index is 10.2. The van der Waals surface area contributed by atoms with Gasteiger partial charge < -0.3 is 15.8 Å². The molecule has 6 nitrogen and oxygen atoms in total. The number of fused-ring (bicyclic) bond motifs is 1. The third kappa shape index (κ3) is 2.37. The smallest absolute Gasteiger partial charge is 0.226 e. The Morgan fingerprint density at radius 3 is 2.83 bits per heavy atom. The molecule has 94 valence electrons. The summed E-state index contributed by atoms with van der Waals surface area (Å²) in [7, 11) is 0. The van der Waals surface area contributed by atoms with Gasteiger partial charge in [0.05, 0.1) is 5.39 Å². The van der Waals surface area contributed by atoms with E-state index in [0.29, 0.717) is 30.4 Å². The standard InChI is InChI=1S/C12H15N5O/c1-7-6-8(2)15-11-9(7)10(13)16-12(17-11)14-4-3-5-18/h5-6H,3-4H2,1-2H3,(H3,13,14,15,16,17). The quantitative estimate of drug-likeness (QED) is 0.621. The van der Waals surface area contributed by atoms with E-state index in [9.17, 15) is 4.79 Å². The lowest BCUT2D eigenvalue weighted by molar-refractivity contribution is -0.107. The van der Waals surface area contributed by atoms with Crippen molar-refractivity contribution >= 4 is 29.1 Å². The van der Waals surface area contributed by atoms with E-state index in [0.717, 1.165) is 22.9 Å². The number of hydrogen-bond acceptors (Lipinski definition) is 6. The van der Waals surface area contributed by atoms with Crippen molar-refractivity contribution < 1.29 is 4.79 Å². The van der Waals surface area contributed by atoms with E-state index < -0.39 is 0 Å². The molecule has 2 heterocycles. The van der Waals surface area contributed by atoms with Crippen molar-refractivity contribution in [3.05, 3.63) is 17.3 Å². The number of aryl methyl sites for hydroxylation is 2. The van der Waals surface area contributed by atoms with Crippen LogP contribution in [0.15, 0.2) is 6.07 Å². The third-order valence-corrected chi connectivity index (χ3v) is 2.57. The number of carbonyl (C=O) groups is 1. The van der Waals surface area contributed by atoms with Crippen molar-refractivity contribution in [2.75, 3.05) is 17.6 Å². The van der Waals surface area contributed by atoms with Crippen LogP contribution in [0.3, 0.4) is 0 Å². The number of nitrogens with zero attached hydrogens (tertiary/aromatic N) is 3. The van der Waals surface area contributed by atoms with Gasteiger partial charge in [-0.25, -0.2) is 4.98 Å². The molecule has 0 unspecified atom stereocenters. The Labute approximate surface area is 105 Å². The molecule has 6 heteroatoms. The van der Waals surface area contributed by atoms with Crippen LogP contribution in [-0.4, -0.2) is 27.8 Å². The highest BCUT2D eigenvalue weighted by Crippen LogP contribution is 2.22. The summed E-state index contributed by atoms with van der Waals surface area (Å²) in [4.78, 5) is 23.1. The van der Waals surface area contributed by atoms with Gasteiger partial charge in [0.15, 0.2) is 5.65 Å². The lowest BCUT2D eigenvalue weighted by Crippen LogP contribution is -2.08. The molecule has 2 aromatic rings. The lowest BCUT2D eigenvalue weighted by atomic mass is 10.1. The molecule has 0 atom stereocenters. The van der Waals surface area contributed by atoms with Crippen molar-refractivity contribution in [3.63, 3.8) is 0 Å². The number of pyridine rings is 1. The highest BCUT2D eigenvalue weighted by atomic mass is 16.1. The predicted octanol–water partition coefficient (Wildman–Crippen LogP) is 1.22. The van der Waals surface area contributed by atoms with Gasteiger partial charge in [-0.3, -0.25) is 0 Å². The average Bonchev–Trinajstić information content (AvgIpc) is 2.27. The summed E-state index contributed by atoms with van der Waals surface area (Å²) in [5.41, 5.74) is 8.38. The number of nitrogens with two attached hydrogens (primary N) is 1. The van der Waals surface area contributed by atoms with Crippen LogP contribution in [0, 0.1) is 13.8 Å². The first kappa shape index (κ1) is 12.2.